The molecule has 0 aliphatic carbocycles. The summed E-state index contributed by atoms with van der Waals surface area (Å²) >= 11 is 0. The number of aryl methyl sites for hydroxylation is 2. The Labute approximate surface area is 258 Å². The van der Waals surface area contributed by atoms with Gasteiger partial charge in [0.15, 0.2) is 5.78 Å². The van der Waals surface area contributed by atoms with Crippen LogP contribution in [0.2, 0.25) is 0 Å². The number of fused-ring (bicyclic) bond motifs is 2. The van der Waals surface area contributed by atoms with Gasteiger partial charge in [-0.05, 0) is 128 Å². The van der Waals surface area contributed by atoms with Gasteiger partial charge in [-0.1, -0.05) is 19.1 Å². The van der Waals surface area contributed by atoms with Crippen molar-refractivity contribution in [2.24, 2.45) is 11.8 Å². The van der Waals surface area contributed by atoms with Crippen molar-refractivity contribution >= 4 is 26.7 Å². The molecule has 6 rings (SSSR count). The molecule has 0 spiro atoms. The van der Waals surface area contributed by atoms with Crippen molar-refractivity contribution in [2.75, 3.05) is 13.7 Å². The molecule has 1 aliphatic rings. The third-order valence-electron chi connectivity index (χ3n) is 8.71. The van der Waals surface area contributed by atoms with Crippen molar-refractivity contribution in [2.45, 2.75) is 49.8 Å². The normalized spacial score (nSPS) is 16.9. The van der Waals surface area contributed by atoms with Crippen molar-refractivity contribution in [3.63, 3.8) is 0 Å². The van der Waals surface area contributed by atoms with E-state index in [9.17, 15) is 13.2 Å². The zero-order chi connectivity index (χ0) is 31.0. The molecule has 2 unspecified atom stereocenters. The van der Waals surface area contributed by atoms with Crippen LogP contribution >= 0.6 is 0 Å². The van der Waals surface area contributed by atoms with Crippen molar-refractivity contribution in [3.8, 4) is 22.6 Å². The van der Waals surface area contributed by atoms with Gasteiger partial charge in [-0.2, -0.15) is 0 Å². The molecule has 1 aliphatic heterocycles. The first kappa shape index (κ1) is 29.6. The van der Waals surface area contributed by atoms with E-state index in [2.05, 4.69) is 47.2 Å². The lowest BCUT2D eigenvalue weighted by Crippen LogP contribution is -2.23. The second kappa shape index (κ2) is 11.9. The molecule has 0 fully saturated rings. The molecule has 5 aromatic rings. The molecule has 2 heterocycles. The van der Waals surface area contributed by atoms with E-state index in [1.807, 2.05) is 13.0 Å². The summed E-state index contributed by atoms with van der Waals surface area (Å²) in [6, 6.07) is 23.7. The predicted molar refractivity (Wildman–Crippen MR) is 171 cm³/mol. The van der Waals surface area contributed by atoms with Gasteiger partial charge in [0.25, 0.3) is 0 Å². The summed E-state index contributed by atoms with van der Waals surface area (Å²) in [5.41, 5.74) is 6.53. The Hall–Kier alpha value is -4.43. The van der Waals surface area contributed by atoms with Crippen LogP contribution in [0.4, 0.5) is 0 Å². The number of benzene rings is 4. The Balaban J connectivity index is 1.18. The Morgan fingerprint density at radius 1 is 0.955 bits per heavy atom. The molecule has 0 bridgehead atoms. The van der Waals surface area contributed by atoms with Crippen LogP contribution in [0.15, 0.2) is 88.7 Å². The van der Waals surface area contributed by atoms with Crippen LogP contribution in [0.1, 0.15) is 47.1 Å². The van der Waals surface area contributed by atoms with Gasteiger partial charge in [0.2, 0.25) is 9.84 Å². The molecule has 226 valence electrons. The topological polar surface area (TPSA) is 98.3 Å². The molecule has 8 heteroatoms. The molecule has 0 radical (unpaired) electrons. The number of sulfone groups is 1. The van der Waals surface area contributed by atoms with Crippen LogP contribution in [0.3, 0.4) is 0 Å². The summed E-state index contributed by atoms with van der Waals surface area (Å²) < 4.78 is 37.8. The smallest absolute Gasteiger partial charge is 0.206 e. The van der Waals surface area contributed by atoms with E-state index >= 15 is 0 Å². The van der Waals surface area contributed by atoms with Crippen LogP contribution in [0.5, 0.6) is 11.5 Å². The number of methoxy groups -OCH3 is 1. The third-order valence-corrected chi connectivity index (χ3v) is 10.5. The molecule has 1 N–H and O–H groups in total. The number of rotatable bonds is 7. The van der Waals surface area contributed by atoms with Gasteiger partial charge in [0, 0.05) is 12.0 Å². The average Bonchev–Trinajstić information content (AvgIpc) is 3.39. The standard InChI is InChI=1S/C36H36N2O5S/c1-22-17-28-19-26(27-5-13-33-34(20-27)38-24(3)37-33)6-14-36(28)43-16-15-25(22)21-35(39)32-12-11-31(18-23(32)2)44(40,41)30-9-7-29(42-4)8-10-30/h5-14,18-20,22,25H,15-17,21H2,1-4H3,(H,37,38). The summed E-state index contributed by atoms with van der Waals surface area (Å²) in [4.78, 5) is 21.7. The number of Topliss-reactive ketones (excluding diaryl/α,β-unsaturated/α-hetero) is 1. The number of ether oxygens (including phenoxy) is 2. The van der Waals surface area contributed by atoms with Crippen molar-refractivity contribution in [3.05, 3.63) is 101 Å². The number of aromatic nitrogens is 2. The molecule has 4 aromatic carbocycles. The quantitative estimate of drug-likeness (QED) is 0.192. The first-order valence-electron chi connectivity index (χ1n) is 14.9. The fourth-order valence-corrected chi connectivity index (χ4v) is 7.50. The third kappa shape index (κ3) is 5.86. The molecule has 1 aromatic heterocycles. The zero-order valence-electron chi connectivity index (χ0n) is 25.4. The van der Waals surface area contributed by atoms with Crippen molar-refractivity contribution in [1.29, 1.82) is 0 Å². The Morgan fingerprint density at radius 3 is 2.43 bits per heavy atom. The largest absolute Gasteiger partial charge is 0.497 e. The van der Waals surface area contributed by atoms with Gasteiger partial charge in [-0.25, -0.2) is 13.4 Å². The highest BCUT2D eigenvalue weighted by Crippen LogP contribution is 2.35. The monoisotopic (exact) mass is 608 g/mol. The minimum atomic E-state index is -3.72. The molecule has 0 saturated carbocycles. The van der Waals surface area contributed by atoms with Crippen LogP contribution < -0.4 is 9.47 Å². The van der Waals surface area contributed by atoms with E-state index in [0.29, 0.717) is 29.9 Å². The van der Waals surface area contributed by atoms with Crippen molar-refractivity contribution in [1.82, 2.24) is 9.97 Å². The first-order valence-corrected chi connectivity index (χ1v) is 16.4. The minimum Gasteiger partial charge on any atom is -0.497 e. The number of carbonyl (C=O) groups is 1. The van der Waals surface area contributed by atoms with Crippen LogP contribution in [0, 0.1) is 25.7 Å². The lowest BCUT2D eigenvalue weighted by molar-refractivity contribution is 0.0929. The summed E-state index contributed by atoms with van der Waals surface area (Å²) in [6.07, 6.45) is 1.94. The van der Waals surface area contributed by atoms with E-state index in [0.717, 1.165) is 52.1 Å². The second-order valence-corrected chi connectivity index (χ2v) is 13.7. The molecule has 2 atom stereocenters. The van der Waals surface area contributed by atoms with Crippen molar-refractivity contribution < 1.29 is 22.7 Å². The summed E-state index contributed by atoms with van der Waals surface area (Å²) in [5, 5.41) is 0. The SMILES string of the molecule is COc1ccc(S(=O)(=O)c2ccc(C(=O)CC3CCOc4ccc(-c5ccc6nc(C)[nH]c6c5)cc4CC3C)c(C)c2)cc1. The Morgan fingerprint density at radius 2 is 1.68 bits per heavy atom. The lowest BCUT2D eigenvalue weighted by Gasteiger charge is -2.28. The summed E-state index contributed by atoms with van der Waals surface area (Å²) in [7, 11) is -2.19. The first-order chi connectivity index (χ1) is 21.1. The highest BCUT2D eigenvalue weighted by molar-refractivity contribution is 7.91. The molecular formula is C36H36N2O5S. The zero-order valence-corrected chi connectivity index (χ0v) is 26.2. The van der Waals surface area contributed by atoms with Gasteiger partial charge in [0.1, 0.15) is 17.3 Å². The van der Waals surface area contributed by atoms with Crippen LogP contribution in [-0.4, -0.2) is 37.9 Å². The fourth-order valence-electron chi connectivity index (χ4n) is 6.15. The molecule has 7 nitrogen and oxygen atoms in total. The molecule has 0 amide bonds. The molecular weight excluding hydrogens is 572 g/mol. The summed E-state index contributed by atoms with van der Waals surface area (Å²) in [6.45, 7) is 6.49. The number of nitrogens with zero attached hydrogens (tertiary/aromatic N) is 1. The highest BCUT2D eigenvalue weighted by atomic mass is 32.2. The molecule has 0 saturated heterocycles. The van der Waals surface area contributed by atoms with Gasteiger partial charge in [-0.15, -0.1) is 0 Å². The van der Waals surface area contributed by atoms with E-state index in [4.69, 9.17) is 9.47 Å². The second-order valence-electron chi connectivity index (χ2n) is 11.7. The Bertz CT molecular complexity index is 1960. The average molecular weight is 609 g/mol. The number of ketones is 1. The predicted octanol–water partition coefficient (Wildman–Crippen LogP) is 7.54. The van der Waals surface area contributed by atoms with E-state index in [-0.39, 0.29) is 27.4 Å². The lowest BCUT2D eigenvalue weighted by atomic mass is 9.80. The highest BCUT2D eigenvalue weighted by Gasteiger charge is 2.27. The number of imidazole rings is 1. The number of nitrogens with one attached hydrogen (secondary N) is 1. The van der Waals surface area contributed by atoms with E-state index in [1.165, 1.54) is 25.3 Å². The number of hydrogen-bond donors (Lipinski definition) is 1. The maximum Gasteiger partial charge on any atom is 0.206 e. The number of carbonyl (C=O) groups excluding carboxylic acids is 1. The van der Waals surface area contributed by atoms with Gasteiger partial charge in [-0.3, -0.25) is 4.79 Å². The van der Waals surface area contributed by atoms with Crippen LogP contribution in [-0.2, 0) is 16.3 Å². The fraction of sp³-hybridized carbons (Fsp3) is 0.278. The Kier molecular flexibility index (Phi) is 8.03. The number of aromatic amines is 1. The summed E-state index contributed by atoms with van der Waals surface area (Å²) in [5.74, 6) is 2.78. The number of hydrogen-bond acceptors (Lipinski definition) is 6. The minimum absolute atomic E-state index is 0.0189. The van der Waals surface area contributed by atoms with E-state index < -0.39 is 9.84 Å². The maximum absolute atomic E-state index is 13.6. The van der Waals surface area contributed by atoms with Gasteiger partial charge >= 0.3 is 0 Å². The number of H-pyrrole nitrogens is 1. The van der Waals surface area contributed by atoms with Crippen LogP contribution in [0.25, 0.3) is 22.2 Å². The van der Waals surface area contributed by atoms with E-state index in [1.54, 1.807) is 31.2 Å². The van der Waals surface area contributed by atoms with Gasteiger partial charge in [0.05, 0.1) is 34.5 Å². The molecule has 44 heavy (non-hydrogen) atoms. The van der Waals surface area contributed by atoms with Gasteiger partial charge < -0.3 is 14.5 Å². The maximum atomic E-state index is 13.6.